The molecule has 40 heavy (non-hydrogen) atoms. The summed E-state index contributed by atoms with van der Waals surface area (Å²) in [6.45, 7) is 2.04. The van der Waals surface area contributed by atoms with Gasteiger partial charge in [-0.1, -0.05) is 72.3 Å². The average molecular weight is 582 g/mol. The summed E-state index contributed by atoms with van der Waals surface area (Å²) in [6, 6.07) is 25.9. The molecule has 1 saturated heterocycles. The van der Waals surface area contributed by atoms with E-state index >= 15 is 0 Å². The third kappa shape index (κ3) is 5.22. The normalized spacial score (nSPS) is 14.8. The molecule has 6 rings (SSSR count). The minimum Gasteiger partial charge on any atom is -0.335 e. The molecule has 5 aromatic rings. The van der Waals surface area contributed by atoms with E-state index in [2.05, 4.69) is 39.2 Å². The number of rotatable bonds is 5. The Morgan fingerprint density at radius 2 is 1.50 bits per heavy atom. The number of alkyl halides is 3. The standard InChI is InChI=1S/C29H23ClF3N5OS/c30-25-12-11-23(40-25)21-17-24(29(31,32)33)38-26(34-21)18-22(35-38)28(39)37-15-13-36(14-16-37)27(19-7-3-1-4-8-19)20-9-5-2-6-10-20/h1-12,17-18,27H,13-16H2. The van der Waals surface area contributed by atoms with E-state index in [4.69, 9.17) is 11.6 Å². The van der Waals surface area contributed by atoms with Crippen LogP contribution >= 0.6 is 22.9 Å². The zero-order valence-corrected chi connectivity index (χ0v) is 22.6. The number of halogens is 4. The molecular formula is C29H23ClF3N5OS. The van der Waals surface area contributed by atoms with Gasteiger partial charge in [0.2, 0.25) is 0 Å². The number of piperazine rings is 1. The molecule has 6 nitrogen and oxygen atoms in total. The Labute approximate surface area is 237 Å². The summed E-state index contributed by atoms with van der Waals surface area (Å²) in [7, 11) is 0. The van der Waals surface area contributed by atoms with Crippen LogP contribution in [0.4, 0.5) is 13.2 Å². The van der Waals surface area contributed by atoms with Crippen LogP contribution in [0.1, 0.15) is 33.4 Å². The highest BCUT2D eigenvalue weighted by Crippen LogP contribution is 2.36. The molecule has 0 spiro atoms. The molecule has 0 saturated carbocycles. The lowest BCUT2D eigenvalue weighted by molar-refractivity contribution is -0.142. The number of amides is 1. The molecule has 1 amide bonds. The summed E-state index contributed by atoms with van der Waals surface area (Å²) in [4.78, 5) is 22.2. The monoisotopic (exact) mass is 581 g/mol. The molecule has 2 aromatic carbocycles. The van der Waals surface area contributed by atoms with Gasteiger partial charge in [-0.2, -0.15) is 18.3 Å². The fourth-order valence-electron chi connectivity index (χ4n) is 5.09. The second kappa shape index (κ2) is 10.7. The second-order valence-corrected chi connectivity index (χ2v) is 11.2. The van der Waals surface area contributed by atoms with E-state index in [1.807, 2.05) is 36.4 Å². The van der Waals surface area contributed by atoms with Gasteiger partial charge in [-0.25, -0.2) is 9.50 Å². The molecule has 0 N–H and O–H groups in total. The SMILES string of the molecule is O=C(c1cc2nc(-c3ccc(Cl)s3)cc(C(F)(F)F)n2n1)N1CCN(C(c2ccccc2)c2ccccc2)CC1. The van der Waals surface area contributed by atoms with E-state index in [1.165, 1.54) is 6.07 Å². The number of hydrogen-bond donors (Lipinski definition) is 0. The van der Waals surface area contributed by atoms with Crippen LogP contribution in [0.15, 0.2) is 84.9 Å². The van der Waals surface area contributed by atoms with Gasteiger partial charge >= 0.3 is 6.18 Å². The van der Waals surface area contributed by atoms with Crippen LogP contribution < -0.4 is 0 Å². The molecule has 4 heterocycles. The summed E-state index contributed by atoms with van der Waals surface area (Å²) in [5, 5.41) is 4.05. The summed E-state index contributed by atoms with van der Waals surface area (Å²) in [5.41, 5.74) is 1.30. The lowest BCUT2D eigenvalue weighted by atomic mass is 9.96. The van der Waals surface area contributed by atoms with E-state index in [-0.39, 0.29) is 23.1 Å². The van der Waals surface area contributed by atoms with Crippen molar-refractivity contribution < 1.29 is 18.0 Å². The highest BCUT2D eigenvalue weighted by molar-refractivity contribution is 7.19. The van der Waals surface area contributed by atoms with Crippen LogP contribution in [0, 0.1) is 0 Å². The highest BCUT2D eigenvalue weighted by atomic mass is 35.5. The molecule has 1 aliphatic rings. The van der Waals surface area contributed by atoms with Crippen molar-refractivity contribution in [1.29, 1.82) is 0 Å². The van der Waals surface area contributed by atoms with Crippen molar-refractivity contribution in [3.05, 3.63) is 112 Å². The lowest BCUT2D eigenvalue weighted by Gasteiger charge is -2.39. The average Bonchev–Trinajstić information content (AvgIpc) is 3.59. The minimum atomic E-state index is -4.70. The van der Waals surface area contributed by atoms with Gasteiger partial charge in [0.05, 0.1) is 20.9 Å². The van der Waals surface area contributed by atoms with Crippen molar-refractivity contribution in [1.82, 2.24) is 24.4 Å². The van der Waals surface area contributed by atoms with Gasteiger partial charge in [0.25, 0.3) is 5.91 Å². The topological polar surface area (TPSA) is 53.7 Å². The van der Waals surface area contributed by atoms with E-state index in [0.29, 0.717) is 39.9 Å². The summed E-state index contributed by atoms with van der Waals surface area (Å²) < 4.78 is 43.0. The molecule has 0 aliphatic carbocycles. The molecule has 3 aromatic heterocycles. The summed E-state index contributed by atoms with van der Waals surface area (Å²) in [6.07, 6.45) is -4.70. The number of thiophene rings is 1. The van der Waals surface area contributed by atoms with E-state index in [0.717, 1.165) is 28.5 Å². The van der Waals surface area contributed by atoms with Crippen molar-refractivity contribution in [2.75, 3.05) is 26.2 Å². The second-order valence-electron chi connectivity index (χ2n) is 9.48. The number of nitrogens with zero attached hydrogens (tertiary/aromatic N) is 5. The first kappa shape index (κ1) is 26.5. The Bertz CT molecular complexity index is 1610. The third-order valence-corrected chi connectivity index (χ3v) is 8.21. The number of hydrogen-bond acceptors (Lipinski definition) is 5. The first-order chi connectivity index (χ1) is 19.3. The maximum absolute atomic E-state index is 14.0. The first-order valence-corrected chi connectivity index (χ1v) is 13.8. The predicted molar refractivity (Wildman–Crippen MR) is 149 cm³/mol. The Hall–Kier alpha value is -3.73. The Morgan fingerprint density at radius 1 is 0.875 bits per heavy atom. The first-order valence-electron chi connectivity index (χ1n) is 12.6. The number of fused-ring (bicyclic) bond motifs is 1. The van der Waals surface area contributed by atoms with Crippen LogP contribution in [-0.2, 0) is 6.18 Å². The molecule has 1 aliphatic heterocycles. The number of carbonyl (C=O) groups excluding carboxylic acids is 1. The van der Waals surface area contributed by atoms with Crippen molar-refractivity contribution in [2.45, 2.75) is 12.2 Å². The summed E-state index contributed by atoms with van der Waals surface area (Å²) in [5.74, 6) is -0.421. The molecule has 0 unspecified atom stereocenters. The molecule has 0 atom stereocenters. The van der Waals surface area contributed by atoms with Gasteiger partial charge in [-0.05, 0) is 29.3 Å². The molecule has 0 radical (unpaired) electrons. The van der Waals surface area contributed by atoms with Crippen LogP contribution in [0.25, 0.3) is 16.2 Å². The van der Waals surface area contributed by atoms with Gasteiger partial charge in [0.1, 0.15) is 0 Å². The van der Waals surface area contributed by atoms with Crippen molar-refractivity contribution in [3.8, 4) is 10.6 Å². The number of carbonyl (C=O) groups is 1. The number of benzene rings is 2. The van der Waals surface area contributed by atoms with Crippen molar-refractivity contribution >= 4 is 34.5 Å². The van der Waals surface area contributed by atoms with Crippen LogP contribution in [0.3, 0.4) is 0 Å². The molecule has 11 heteroatoms. The minimum absolute atomic E-state index is 0.0255. The predicted octanol–water partition coefficient (Wildman–Crippen LogP) is 6.68. The van der Waals surface area contributed by atoms with Gasteiger partial charge in [0, 0.05) is 32.2 Å². The smallest absolute Gasteiger partial charge is 0.335 e. The van der Waals surface area contributed by atoms with Crippen LogP contribution in [0.2, 0.25) is 4.34 Å². The fourth-order valence-corrected chi connectivity index (χ4v) is 6.09. The van der Waals surface area contributed by atoms with Crippen molar-refractivity contribution in [2.24, 2.45) is 0 Å². The molecule has 1 fully saturated rings. The van der Waals surface area contributed by atoms with E-state index < -0.39 is 17.8 Å². The maximum atomic E-state index is 14.0. The lowest BCUT2D eigenvalue weighted by Crippen LogP contribution is -2.50. The van der Waals surface area contributed by atoms with E-state index in [1.54, 1.807) is 17.0 Å². The van der Waals surface area contributed by atoms with Gasteiger partial charge < -0.3 is 4.90 Å². The third-order valence-electron chi connectivity index (χ3n) is 6.96. The van der Waals surface area contributed by atoms with Crippen LogP contribution in [0.5, 0.6) is 0 Å². The zero-order valence-electron chi connectivity index (χ0n) is 21.1. The highest BCUT2D eigenvalue weighted by Gasteiger charge is 2.36. The maximum Gasteiger partial charge on any atom is 0.433 e. The Morgan fingerprint density at radius 3 is 2.05 bits per heavy atom. The largest absolute Gasteiger partial charge is 0.433 e. The quantitative estimate of drug-likeness (QED) is 0.232. The van der Waals surface area contributed by atoms with Crippen LogP contribution in [-0.4, -0.2) is 56.5 Å². The van der Waals surface area contributed by atoms with E-state index in [9.17, 15) is 18.0 Å². The Balaban J connectivity index is 1.25. The fraction of sp³-hybridized carbons (Fsp3) is 0.207. The van der Waals surface area contributed by atoms with Crippen molar-refractivity contribution in [3.63, 3.8) is 0 Å². The summed E-state index contributed by atoms with van der Waals surface area (Å²) >= 11 is 7.12. The molecule has 0 bridgehead atoms. The zero-order chi connectivity index (χ0) is 27.9. The Kier molecular flexibility index (Phi) is 7.07. The molecule has 204 valence electrons. The molecular weight excluding hydrogens is 559 g/mol. The van der Waals surface area contributed by atoms with Gasteiger partial charge in [-0.15, -0.1) is 11.3 Å². The van der Waals surface area contributed by atoms with Gasteiger partial charge in [0.15, 0.2) is 17.0 Å². The number of aromatic nitrogens is 3. The van der Waals surface area contributed by atoms with Gasteiger partial charge in [-0.3, -0.25) is 9.69 Å².